The quantitative estimate of drug-likeness (QED) is 0.210. The van der Waals surface area contributed by atoms with Gasteiger partial charge in [0, 0.05) is 51.8 Å². The van der Waals surface area contributed by atoms with Crippen molar-refractivity contribution < 1.29 is 18.3 Å². The van der Waals surface area contributed by atoms with E-state index in [1.807, 2.05) is 60.6 Å². The molecule has 5 heterocycles. The van der Waals surface area contributed by atoms with E-state index in [1.54, 1.807) is 9.58 Å². The van der Waals surface area contributed by atoms with Gasteiger partial charge in [0.25, 0.3) is 0 Å². The molecule has 8 nitrogen and oxygen atoms in total. The average molecular weight is 597 g/mol. The van der Waals surface area contributed by atoms with Gasteiger partial charge in [0.2, 0.25) is 5.91 Å². The van der Waals surface area contributed by atoms with Gasteiger partial charge in [-0.1, -0.05) is 18.7 Å². The van der Waals surface area contributed by atoms with Crippen LogP contribution in [0.2, 0.25) is 0 Å². The van der Waals surface area contributed by atoms with Gasteiger partial charge in [0.15, 0.2) is 0 Å². The van der Waals surface area contributed by atoms with Crippen LogP contribution in [-0.2, 0) is 24.9 Å². The number of carbonyl (C=O) groups is 1. The van der Waals surface area contributed by atoms with Crippen molar-refractivity contribution in [1.82, 2.24) is 29.4 Å². The van der Waals surface area contributed by atoms with Gasteiger partial charge in [-0.2, -0.15) is 10.2 Å². The second-order valence-corrected chi connectivity index (χ2v) is 11.5. The summed E-state index contributed by atoms with van der Waals surface area (Å²) in [5.41, 5.74) is 4.82. The van der Waals surface area contributed by atoms with E-state index in [-0.39, 0.29) is 23.3 Å². The molecule has 1 aliphatic rings. The Labute approximate surface area is 249 Å². The number of benzene rings is 2. The first kappa shape index (κ1) is 27.0. The molecule has 1 amide bonds. The topological polar surface area (TPSA) is 78.1 Å². The highest BCUT2D eigenvalue weighted by atomic mass is 32.1. The summed E-state index contributed by atoms with van der Waals surface area (Å²) in [7, 11) is 3.27. The lowest BCUT2D eigenvalue weighted by molar-refractivity contribution is -0.129. The average Bonchev–Trinajstić information content (AvgIpc) is 3.74. The highest BCUT2D eigenvalue weighted by Gasteiger charge is 2.30. The first-order valence-electron chi connectivity index (χ1n) is 13.6. The van der Waals surface area contributed by atoms with Crippen molar-refractivity contribution in [3.05, 3.63) is 84.0 Å². The van der Waals surface area contributed by atoms with Crippen LogP contribution in [0.15, 0.2) is 66.7 Å². The maximum atomic E-state index is 15.7. The van der Waals surface area contributed by atoms with Gasteiger partial charge in [-0.25, -0.2) is 13.8 Å². The SMILES string of the molecule is C=CC(=O)N1Cc2cc(-c3nc(-c4ccc5cnn(C)c5c4)c4ccsc4c3-c3c(F)cc(F)cc3OC)nn2CC1C. The monoisotopic (exact) mass is 596 g/mol. The van der Waals surface area contributed by atoms with E-state index in [0.717, 1.165) is 38.3 Å². The zero-order chi connectivity index (χ0) is 30.0. The number of thiophene rings is 1. The van der Waals surface area contributed by atoms with Crippen molar-refractivity contribution in [3.8, 4) is 39.5 Å². The van der Waals surface area contributed by atoms with E-state index in [4.69, 9.17) is 14.8 Å². The molecule has 0 saturated heterocycles. The summed E-state index contributed by atoms with van der Waals surface area (Å²) >= 11 is 1.44. The molecule has 1 unspecified atom stereocenters. The van der Waals surface area contributed by atoms with Crippen LogP contribution in [0.1, 0.15) is 12.6 Å². The zero-order valence-electron chi connectivity index (χ0n) is 23.6. The predicted octanol–water partition coefficient (Wildman–Crippen LogP) is 6.58. The lowest BCUT2D eigenvalue weighted by Crippen LogP contribution is -2.44. The van der Waals surface area contributed by atoms with Crippen molar-refractivity contribution in [2.75, 3.05) is 7.11 Å². The van der Waals surface area contributed by atoms with Gasteiger partial charge in [-0.05, 0) is 36.6 Å². The number of hydrogen-bond donors (Lipinski definition) is 0. The van der Waals surface area contributed by atoms with Crippen molar-refractivity contribution in [2.24, 2.45) is 7.05 Å². The normalized spacial score (nSPS) is 14.8. The van der Waals surface area contributed by atoms with Gasteiger partial charge in [-0.3, -0.25) is 14.2 Å². The summed E-state index contributed by atoms with van der Waals surface area (Å²) in [6.45, 7) is 6.41. The standard InChI is InChI=1S/C32H26F2N6O2S/c1-5-27(41)39-16-21-13-24(37-40(21)15-17(39)2)31-29(28-23(34)11-20(33)12-26(28)42-4)32-22(8-9-43-32)30(36-31)18-6-7-19-14-35-38(3)25(19)10-18/h5-14,17H,1,15-16H2,2-4H3. The number of carbonyl (C=O) groups excluding carboxylic acids is 1. The highest BCUT2D eigenvalue weighted by molar-refractivity contribution is 7.18. The van der Waals surface area contributed by atoms with Gasteiger partial charge in [0.1, 0.15) is 28.8 Å². The third kappa shape index (κ3) is 4.30. The number of fused-ring (bicyclic) bond motifs is 3. The van der Waals surface area contributed by atoms with Gasteiger partial charge >= 0.3 is 0 Å². The molecule has 1 atom stereocenters. The van der Waals surface area contributed by atoms with Crippen LogP contribution in [0.4, 0.5) is 8.78 Å². The minimum Gasteiger partial charge on any atom is -0.496 e. The fraction of sp³-hybridized carbons (Fsp3) is 0.188. The Morgan fingerprint density at radius 2 is 1.98 bits per heavy atom. The van der Waals surface area contributed by atoms with E-state index in [1.165, 1.54) is 30.6 Å². The fourth-order valence-electron chi connectivity index (χ4n) is 5.86. The number of amides is 1. The molecule has 0 N–H and O–H groups in total. The third-order valence-electron chi connectivity index (χ3n) is 7.98. The molecule has 1 aliphatic heterocycles. The number of aryl methyl sites for hydroxylation is 1. The molecule has 43 heavy (non-hydrogen) atoms. The molecule has 11 heteroatoms. The molecule has 0 radical (unpaired) electrons. The summed E-state index contributed by atoms with van der Waals surface area (Å²) in [5, 5.41) is 13.0. The maximum absolute atomic E-state index is 15.7. The van der Waals surface area contributed by atoms with Gasteiger partial charge < -0.3 is 9.64 Å². The molecule has 0 fully saturated rings. The minimum atomic E-state index is -0.765. The van der Waals surface area contributed by atoms with Crippen molar-refractivity contribution in [1.29, 1.82) is 0 Å². The smallest absolute Gasteiger partial charge is 0.246 e. The first-order chi connectivity index (χ1) is 20.8. The second kappa shape index (κ2) is 10.1. The number of methoxy groups -OCH3 is 1. The highest BCUT2D eigenvalue weighted by Crippen LogP contribution is 2.47. The largest absolute Gasteiger partial charge is 0.496 e. The minimum absolute atomic E-state index is 0.0552. The molecule has 216 valence electrons. The molecule has 0 saturated carbocycles. The first-order valence-corrected chi connectivity index (χ1v) is 14.5. The Balaban J connectivity index is 1.52. The zero-order valence-corrected chi connectivity index (χ0v) is 24.5. The number of hydrogen-bond acceptors (Lipinski definition) is 6. The van der Waals surface area contributed by atoms with Crippen LogP contribution in [0, 0.1) is 11.6 Å². The number of nitrogens with zero attached hydrogens (tertiary/aromatic N) is 6. The summed E-state index contributed by atoms with van der Waals surface area (Å²) in [6.07, 6.45) is 3.12. The Kier molecular flexibility index (Phi) is 6.35. The van der Waals surface area contributed by atoms with Gasteiger partial charge in [-0.15, -0.1) is 11.3 Å². The molecular formula is C32H26F2N6O2S. The Morgan fingerprint density at radius 3 is 2.77 bits per heavy atom. The number of rotatable bonds is 5. The molecule has 4 aromatic heterocycles. The number of ether oxygens (including phenoxy) is 1. The van der Waals surface area contributed by atoms with Gasteiger partial charge in [0.05, 0.1) is 48.9 Å². The van der Waals surface area contributed by atoms with E-state index in [2.05, 4.69) is 11.7 Å². The van der Waals surface area contributed by atoms with Crippen LogP contribution in [0.3, 0.4) is 0 Å². The molecule has 6 aromatic rings. The summed E-state index contributed by atoms with van der Waals surface area (Å²) in [4.78, 5) is 19.4. The van der Waals surface area contributed by atoms with Crippen LogP contribution in [-0.4, -0.2) is 48.5 Å². The number of halogens is 2. The van der Waals surface area contributed by atoms with Crippen LogP contribution < -0.4 is 4.74 Å². The van der Waals surface area contributed by atoms with Crippen LogP contribution in [0.5, 0.6) is 5.75 Å². The Hall–Kier alpha value is -4.90. The lowest BCUT2D eigenvalue weighted by atomic mass is 9.96. The molecule has 2 aromatic carbocycles. The van der Waals surface area contributed by atoms with E-state index >= 15 is 4.39 Å². The molecule has 0 bridgehead atoms. The predicted molar refractivity (Wildman–Crippen MR) is 163 cm³/mol. The summed E-state index contributed by atoms with van der Waals surface area (Å²) in [6, 6.07) is 11.8. The molecular weight excluding hydrogens is 570 g/mol. The van der Waals surface area contributed by atoms with Crippen molar-refractivity contribution in [2.45, 2.75) is 26.1 Å². The Morgan fingerprint density at radius 1 is 1.14 bits per heavy atom. The summed E-state index contributed by atoms with van der Waals surface area (Å²) < 4.78 is 40.0. The molecule has 7 rings (SSSR count). The van der Waals surface area contributed by atoms with Crippen molar-refractivity contribution in [3.63, 3.8) is 0 Å². The fourth-order valence-corrected chi connectivity index (χ4v) is 6.80. The van der Waals surface area contributed by atoms with E-state index in [0.29, 0.717) is 35.7 Å². The number of aromatic nitrogens is 5. The van der Waals surface area contributed by atoms with Crippen molar-refractivity contribution >= 4 is 38.2 Å². The van der Waals surface area contributed by atoms with E-state index < -0.39 is 11.6 Å². The lowest BCUT2D eigenvalue weighted by Gasteiger charge is -2.33. The second-order valence-electron chi connectivity index (χ2n) is 10.6. The number of pyridine rings is 1. The molecule has 0 spiro atoms. The summed E-state index contributed by atoms with van der Waals surface area (Å²) in [5.74, 6) is -1.61. The van der Waals surface area contributed by atoms with E-state index in [9.17, 15) is 9.18 Å². The van der Waals surface area contributed by atoms with Crippen LogP contribution >= 0.6 is 11.3 Å². The van der Waals surface area contributed by atoms with Crippen LogP contribution in [0.25, 0.3) is 54.8 Å². The molecule has 0 aliphatic carbocycles. The third-order valence-corrected chi connectivity index (χ3v) is 8.92. The maximum Gasteiger partial charge on any atom is 0.246 e. The Bertz CT molecular complexity index is 2090.